The highest BCUT2D eigenvalue weighted by Crippen LogP contribution is 2.35. The van der Waals surface area contributed by atoms with Gasteiger partial charge in [-0.15, -0.1) is 0 Å². The van der Waals surface area contributed by atoms with E-state index in [1.807, 2.05) is 0 Å². The molecule has 1 heteroatoms. The molecule has 1 N–H and O–H groups in total. The minimum absolute atomic E-state index is 0.176. The van der Waals surface area contributed by atoms with Crippen LogP contribution >= 0.6 is 0 Å². The second-order valence-electron chi connectivity index (χ2n) is 14.9. The molecule has 35 heavy (non-hydrogen) atoms. The summed E-state index contributed by atoms with van der Waals surface area (Å²) in [7, 11) is 0. The van der Waals surface area contributed by atoms with Crippen LogP contribution in [-0.2, 0) is 0 Å². The average molecular weight is 487 g/mol. The van der Waals surface area contributed by atoms with E-state index in [1.165, 1.54) is 28.7 Å². The molecule has 0 radical (unpaired) electrons. The summed E-state index contributed by atoms with van der Waals surface area (Å²) in [5, 5.41) is 9.29. The number of hydrogen-bond acceptors (Lipinski definition) is 1. The van der Waals surface area contributed by atoms with Gasteiger partial charge in [0, 0.05) is 6.61 Å². The Bertz CT molecular complexity index is 745. The van der Waals surface area contributed by atoms with Crippen LogP contribution < -0.4 is 0 Å². The summed E-state index contributed by atoms with van der Waals surface area (Å²) in [6.07, 6.45) is 18.5. The van der Waals surface area contributed by atoms with Crippen LogP contribution in [0.3, 0.4) is 0 Å². The standard InChI is InChI=1S/C34H62O/c1-27(2)14-18-32(8,9)24-30(5)17-21-33(10,11)25-28(3)15-19-31(6,7)20-16-29(4)26-34(12,13)22-23-35/h14-17,35H,18-26H2,1-13H3. The summed E-state index contributed by atoms with van der Waals surface area (Å²) in [4.78, 5) is 0. The molecule has 0 saturated heterocycles. The molecular formula is C34H62O. The van der Waals surface area contributed by atoms with E-state index in [9.17, 15) is 5.11 Å². The fourth-order valence-electron chi connectivity index (χ4n) is 4.93. The number of rotatable bonds is 16. The molecule has 0 aliphatic heterocycles. The second kappa shape index (κ2) is 14.6. The zero-order chi connectivity index (χ0) is 27.5. The minimum Gasteiger partial charge on any atom is -0.396 e. The molecule has 0 amide bonds. The van der Waals surface area contributed by atoms with E-state index in [1.54, 1.807) is 0 Å². The number of allylic oxidation sites excluding steroid dienone is 8. The highest BCUT2D eigenvalue weighted by Gasteiger charge is 2.22. The molecule has 0 aliphatic carbocycles. The molecule has 0 heterocycles. The van der Waals surface area contributed by atoms with Gasteiger partial charge in [-0.1, -0.05) is 102 Å². The van der Waals surface area contributed by atoms with Gasteiger partial charge >= 0.3 is 0 Å². The third kappa shape index (κ3) is 17.9. The molecule has 204 valence electrons. The summed E-state index contributed by atoms with van der Waals surface area (Å²) in [5.41, 5.74) is 6.95. The van der Waals surface area contributed by atoms with Gasteiger partial charge in [-0.05, 0) is 108 Å². The van der Waals surface area contributed by atoms with Crippen LogP contribution in [0.1, 0.15) is 141 Å². The molecule has 0 aromatic rings. The topological polar surface area (TPSA) is 20.2 Å². The van der Waals surface area contributed by atoms with Gasteiger partial charge in [0.15, 0.2) is 0 Å². The van der Waals surface area contributed by atoms with E-state index in [-0.39, 0.29) is 22.9 Å². The van der Waals surface area contributed by atoms with E-state index in [0.29, 0.717) is 5.41 Å². The first kappa shape index (κ1) is 33.9. The zero-order valence-electron chi connectivity index (χ0n) is 26.1. The fraction of sp³-hybridized carbons (Fsp3) is 0.765. The predicted molar refractivity (Wildman–Crippen MR) is 160 cm³/mol. The Balaban J connectivity index is 4.88. The Labute approximate surface area is 221 Å². The van der Waals surface area contributed by atoms with Crippen LogP contribution in [0.5, 0.6) is 0 Å². The first-order valence-electron chi connectivity index (χ1n) is 14.0. The van der Waals surface area contributed by atoms with Crippen molar-refractivity contribution in [3.05, 3.63) is 46.6 Å². The lowest BCUT2D eigenvalue weighted by Gasteiger charge is -2.27. The van der Waals surface area contributed by atoms with Crippen molar-refractivity contribution in [1.29, 1.82) is 0 Å². The Kier molecular flexibility index (Phi) is 14.2. The lowest BCUT2D eigenvalue weighted by Crippen LogP contribution is -2.15. The van der Waals surface area contributed by atoms with Gasteiger partial charge in [-0.2, -0.15) is 0 Å². The van der Waals surface area contributed by atoms with Crippen molar-refractivity contribution in [2.75, 3.05) is 6.61 Å². The van der Waals surface area contributed by atoms with E-state index in [2.05, 4.69) is 114 Å². The smallest absolute Gasteiger partial charge is 0.0436 e. The number of aliphatic hydroxyl groups excluding tert-OH is 1. The average Bonchev–Trinajstić information content (AvgIpc) is 2.67. The van der Waals surface area contributed by atoms with Gasteiger partial charge in [0.05, 0.1) is 0 Å². The van der Waals surface area contributed by atoms with Crippen LogP contribution in [0.25, 0.3) is 0 Å². The predicted octanol–water partition coefficient (Wildman–Crippen LogP) is 11.0. The highest BCUT2D eigenvalue weighted by atomic mass is 16.3. The van der Waals surface area contributed by atoms with Crippen LogP contribution in [0, 0.1) is 21.7 Å². The van der Waals surface area contributed by atoms with E-state index < -0.39 is 0 Å². The molecule has 0 bridgehead atoms. The summed E-state index contributed by atoms with van der Waals surface area (Å²) >= 11 is 0. The van der Waals surface area contributed by atoms with Gasteiger partial charge in [0.1, 0.15) is 0 Å². The monoisotopic (exact) mass is 486 g/mol. The third-order valence-electron chi connectivity index (χ3n) is 7.13. The highest BCUT2D eigenvalue weighted by molar-refractivity contribution is 5.09. The maximum absolute atomic E-state index is 9.29. The summed E-state index contributed by atoms with van der Waals surface area (Å²) in [6.45, 7) is 30.4. The number of hydrogen-bond donors (Lipinski definition) is 1. The molecule has 0 aromatic heterocycles. The summed E-state index contributed by atoms with van der Waals surface area (Å²) < 4.78 is 0. The van der Waals surface area contributed by atoms with Crippen molar-refractivity contribution in [2.24, 2.45) is 21.7 Å². The molecular weight excluding hydrogens is 424 g/mol. The van der Waals surface area contributed by atoms with Crippen molar-refractivity contribution >= 4 is 0 Å². The van der Waals surface area contributed by atoms with Crippen molar-refractivity contribution in [1.82, 2.24) is 0 Å². The number of aliphatic hydroxyl groups is 1. The van der Waals surface area contributed by atoms with Gasteiger partial charge < -0.3 is 5.11 Å². The normalized spacial score (nSPS) is 15.0. The van der Waals surface area contributed by atoms with Crippen LogP contribution in [0.15, 0.2) is 46.6 Å². The largest absolute Gasteiger partial charge is 0.396 e. The van der Waals surface area contributed by atoms with Gasteiger partial charge in [-0.25, -0.2) is 0 Å². The molecule has 0 unspecified atom stereocenters. The minimum atomic E-state index is 0.176. The fourth-order valence-corrected chi connectivity index (χ4v) is 4.93. The zero-order valence-corrected chi connectivity index (χ0v) is 26.1. The van der Waals surface area contributed by atoms with Crippen LogP contribution in [-0.4, -0.2) is 11.7 Å². The van der Waals surface area contributed by atoms with E-state index in [0.717, 1.165) is 44.9 Å². The Morgan fingerprint density at radius 1 is 0.486 bits per heavy atom. The van der Waals surface area contributed by atoms with Crippen molar-refractivity contribution in [3.8, 4) is 0 Å². The van der Waals surface area contributed by atoms with Gasteiger partial charge in [-0.3, -0.25) is 0 Å². The lowest BCUT2D eigenvalue weighted by atomic mass is 9.78. The summed E-state index contributed by atoms with van der Waals surface area (Å²) in [5.74, 6) is 0. The van der Waals surface area contributed by atoms with Crippen LogP contribution in [0.4, 0.5) is 0 Å². The molecule has 0 fully saturated rings. The first-order valence-corrected chi connectivity index (χ1v) is 14.0. The molecule has 0 saturated carbocycles. The quantitative estimate of drug-likeness (QED) is 0.215. The van der Waals surface area contributed by atoms with E-state index >= 15 is 0 Å². The maximum atomic E-state index is 9.29. The Morgan fingerprint density at radius 2 is 0.800 bits per heavy atom. The maximum Gasteiger partial charge on any atom is 0.0436 e. The molecule has 0 aliphatic rings. The van der Waals surface area contributed by atoms with E-state index in [4.69, 9.17) is 0 Å². The van der Waals surface area contributed by atoms with Crippen LogP contribution in [0.2, 0.25) is 0 Å². The molecule has 1 nitrogen and oxygen atoms in total. The first-order chi connectivity index (χ1) is 15.8. The van der Waals surface area contributed by atoms with Crippen molar-refractivity contribution in [3.63, 3.8) is 0 Å². The molecule has 0 spiro atoms. The van der Waals surface area contributed by atoms with Gasteiger partial charge in [0.2, 0.25) is 0 Å². The van der Waals surface area contributed by atoms with Crippen molar-refractivity contribution < 1.29 is 5.11 Å². The second-order valence-corrected chi connectivity index (χ2v) is 14.9. The molecule has 0 rings (SSSR count). The van der Waals surface area contributed by atoms with Crippen molar-refractivity contribution in [2.45, 2.75) is 141 Å². The molecule has 0 aromatic carbocycles. The SMILES string of the molecule is CC(C)=CCC(C)(C)CC(C)=CCC(C)(C)CC(C)=CCC(C)(C)CC=C(C)CC(C)(C)CCO. The van der Waals surface area contributed by atoms with Gasteiger partial charge in [0.25, 0.3) is 0 Å². The Hall–Kier alpha value is -1.08. The third-order valence-corrected chi connectivity index (χ3v) is 7.13. The Morgan fingerprint density at radius 3 is 1.14 bits per heavy atom. The summed E-state index contributed by atoms with van der Waals surface area (Å²) in [6, 6.07) is 0. The lowest BCUT2D eigenvalue weighted by molar-refractivity contribution is 0.210. The molecule has 0 atom stereocenters.